The molecule has 26 heavy (non-hydrogen) atoms. The Bertz CT molecular complexity index is 810. The van der Waals surface area contributed by atoms with Crippen LogP contribution in [0.5, 0.6) is 0 Å². The summed E-state index contributed by atoms with van der Waals surface area (Å²) in [5, 5.41) is 4.65. The highest BCUT2D eigenvalue weighted by Gasteiger charge is 2.25. The summed E-state index contributed by atoms with van der Waals surface area (Å²) in [7, 11) is -3.44. The second-order valence-corrected chi connectivity index (χ2v) is 8.67. The number of hydrogen-bond acceptors (Lipinski definition) is 7. The lowest BCUT2D eigenvalue weighted by Gasteiger charge is -2.32. The lowest BCUT2D eigenvalue weighted by Crippen LogP contribution is -2.47. The molecule has 0 unspecified atom stereocenters. The number of nitrogens with one attached hydrogen (secondary N) is 4. The monoisotopic (exact) mass is 417 g/mol. The molecule has 0 bridgehead atoms. The van der Waals surface area contributed by atoms with Gasteiger partial charge >= 0.3 is 0 Å². The van der Waals surface area contributed by atoms with Gasteiger partial charge in [-0.25, -0.2) is 13.1 Å². The van der Waals surface area contributed by atoms with Gasteiger partial charge in [0.2, 0.25) is 15.9 Å². The maximum absolute atomic E-state index is 12.4. The van der Waals surface area contributed by atoms with E-state index in [0.29, 0.717) is 31.0 Å². The molecule has 3 rings (SSSR count). The van der Waals surface area contributed by atoms with Gasteiger partial charge in [0.15, 0.2) is 0 Å². The highest BCUT2D eigenvalue weighted by Crippen LogP contribution is 2.43. The second-order valence-electron chi connectivity index (χ2n) is 5.99. The van der Waals surface area contributed by atoms with E-state index in [-0.39, 0.29) is 18.5 Å². The number of carbonyl (C=O) groups excluding carboxylic acids is 1. The van der Waals surface area contributed by atoms with Crippen molar-refractivity contribution in [3.63, 3.8) is 0 Å². The molecule has 0 aromatic heterocycles. The minimum absolute atomic E-state index is 0.0302. The molecular formula is C15H20ClN5O3S2. The third-order valence-corrected chi connectivity index (χ3v) is 6.32. The van der Waals surface area contributed by atoms with Gasteiger partial charge in [0.1, 0.15) is 0 Å². The van der Waals surface area contributed by atoms with E-state index in [9.17, 15) is 13.2 Å². The molecule has 0 aliphatic carbocycles. The fourth-order valence-electron chi connectivity index (χ4n) is 2.87. The van der Waals surface area contributed by atoms with Crippen LogP contribution in [0.25, 0.3) is 0 Å². The van der Waals surface area contributed by atoms with Crippen LogP contribution in [0.1, 0.15) is 12.8 Å². The van der Waals surface area contributed by atoms with E-state index in [1.54, 1.807) is 11.0 Å². The summed E-state index contributed by atoms with van der Waals surface area (Å²) in [4.78, 5) is 14.2. The Morgan fingerprint density at radius 2 is 2.04 bits per heavy atom. The van der Waals surface area contributed by atoms with E-state index < -0.39 is 10.0 Å². The van der Waals surface area contributed by atoms with Crippen molar-refractivity contribution < 1.29 is 13.2 Å². The highest BCUT2D eigenvalue weighted by atomic mass is 35.5. The molecule has 4 N–H and O–H groups in total. The van der Waals surface area contributed by atoms with E-state index in [1.165, 1.54) is 12.1 Å². The van der Waals surface area contributed by atoms with Gasteiger partial charge in [-0.15, -0.1) is 0 Å². The number of nitrogens with zero attached hydrogens (tertiary/aromatic N) is 1. The Morgan fingerprint density at radius 1 is 1.35 bits per heavy atom. The Hall–Kier alpha value is -1.62. The number of likely N-dealkylation sites (tertiary alicyclic amines) is 1. The number of hydrogen-bond donors (Lipinski definition) is 4. The average Bonchev–Trinajstić information content (AvgIpc) is 3.12. The minimum atomic E-state index is -3.44. The molecule has 1 amide bonds. The number of piperidine rings is 1. The number of amides is 1. The first-order valence-corrected chi connectivity index (χ1v) is 10.8. The molecule has 2 aliphatic heterocycles. The number of anilines is 3. The van der Waals surface area contributed by atoms with E-state index in [2.05, 4.69) is 26.1 Å². The maximum atomic E-state index is 12.4. The summed E-state index contributed by atoms with van der Waals surface area (Å²) in [5.74, 6) is -0.0302. The van der Waals surface area contributed by atoms with Crippen LogP contribution in [0, 0.1) is 0 Å². The summed E-state index contributed by atoms with van der Waals surface area (Å²) in [6.45, 7) is 4.46. The third-order valence-electron chi connectivity index (χ3n) is 4.29. The normalized spacial score (nSPS) is 17.2. The zero-order valence-corrected chi connectivity index (χ0v) is 16.3. The maximum Gasteiger partial charge on any atom is 0.241 e. The number of halogens is 1. The molecule has 0 radical (unpaired) electrons. The van der Waals surface area contributed by atoms with Crippen LogP contribution >= 0.6 is 23.7 Å². The fraction of sp³-hybridized carbons (Fsp3) is 0.400. The molecule has 0 atom stereocenters. The number of benzene rings is 1. The van der Waals surface area contributed by atoms with Crippen molar-refractivity contribution in [1.29, 1.82) is 0 Å². The van der Waals surface area contributed by atoms with E-state index in [0.717, 1.165) is 22.5 Å². The van der Waals surface area contributed by atoms with Crippen LogP contribution in [-0.4, -0.2) is 44.9 Å². The minimum Gasteiger partial charge on any atom is -0.374 e. The highest BCUT2D eigenvalue weighted by molar-refractivity contribution is 8.02. The van der Waals surface area contributed by atoms with Crippen molar-refractivity contribution in [2.45, 2.75) is 18.9 Å². The molecule has 8 nitrogen and oxygen atoms in total. The number of rotatable bonds is 6. The molecule has 0 spiro atoms. The first-order chi connectivity index (χ1) is 12.4. The van der Waals surface area contributed by atoms with Crippen LogP contribution in [0.2, 0.25) is 5.02 Å². The van der Waals surface area contributed by atoms with E-state index in [4.69, 9.17) is 11.6 Å². The second kappa shape index (κ2) is 7.95. The van der Waals surface area contributed by atoms with Crippen LogP contribution < -0.4 is 19.5 Å². The molecule has 1 aromatic carbocycles. The SMILES string of the molecule is C=CS(=O)(=O)NC1CCN(C(=O)CNc2ccc(Cl)c3c2NSN3)CC1. The first-order valence-electron chi connectivity index (χ1n) is 8.06. The standard InChI is InChI=1S/C15H20ClN5O3S2/c1-2-26(23,24)20-10-5-7-21(8-6-10)13(22)9-17-12-4-3-11(16)14-15(12)19-25-18-14/h2-4,10,17-20H,1,5-9H2. The number of carbonyl (C=O) groups is 1. The van der Waals surface area contributed by atoms with E-state index in [1.807, 2.05) is 6.07 Å². The van der Waals surface area contributed by atoms with Crippen molar-refractivity contribution in [2.24, 2.45) is 0 Å². The van der Waals surface area contributed by atoms with Crippen LogP contribution in [-0.2, 0) is 14.8 Å². The van der Waals surface area contributed by atoms with Gasteiger partial charge in [-0.3, -0.25) is 4.79 Å². The van der Waals surface area contributed by atoms with Gasteiger partial charge in [0, 0.05) is 24.5 Å². The van der Waals surface area contributed by atoms with Gasteiger partial charge in [-0.1, -0.05) is 18.2 Å². The topological polar surface area (TPSA) is 103 Å². The van der Waals surface area contributed by atoms with Gasteiger partial charge in [0.25, 0.3) is 0 Å². The summed E-state index contributed by atoms with van der Waals surface area (Å²) < 4.78 is 31.8. The third kappa shape index (κ3) is 4.37. The quantitative estimate of drug-likeness (QED) is 0.526. The zero-order chi connectivity index (χ0) is 18.7. The fourth-order valence-corrected chi connectivity index (χ4v) is 4.60. The van der Waals surface area contributed by atoms with Crippen molar-refractivity contribution in [3.8, 4) is 0 Å². The van der Waals surface area contributed by atoms with E-state index >= 15 is 0 Å². The van der Waals surface area contributed by atoms with Gasteiger partial charge < -0.3 is 19.7 Å². The van der Waals surface area contributed by atoms with Crippen LogP contribution in [0.15, 0.2) is 24.1 Å². The molecule has 2 heterocycles. The van der Waals surface area contributed by atoms with Crippen molar-refractivity contribution >= 4 is 56.7 Å². The summed E-state index contributed by atoms with van der Waals surface area (Å²) in [6.07, 6.45) is 1.16. The molecule has 1 aromatic rings. The first kappa shape index (κ1) is 19.2. The lowest BCUT2D eigenvalue weighted by atomic mass is 10.1. The molecule has 2 aliphatic rings. The summed E-state index contributed by atoms with van der Waals surface area (Å²) >= 11 is 7.44. The van der Waals surface area contributed by atoms with Gasteiger partial charge in [-0.2, -0.15) is 0 Å². The van der Waals surface area contributed by atoms with Crippen molar-refractivity contribution in [3.05, 3.63) is 29.1 Å². The van der Waals surface area contributed by atoms with Crippen molar-refractivity contribution in [1.82, 2.24) is 9.62 Å². The molecule has 142 valence electrons. The van der Waals surface area contributed by atoms with Crippen LogP contribution in [0.3, 0.4) is 0 Å². The largest absolute Gasteiger partial charge is 0.374 e. The van der Waals surface area contributed by atoms with Gasteiger partial charge in [0.05, 0.1) is 40.8 Å². The molecule has 0 saturated carbocycles. The van der Waals surface area contributed by atoms with Gasteiger partial charge in [-0.05, 0) is 25.0 Å². The predicted octanol–water partition coefficient (Wildman–Crippen LogP) is 2.21. The van der Waals surface area contributed by atoms with Crippen molar-refractivity contribution in [2.75, 3.05) is 34.4 Å². The van der Waals surface area contributed by atoms with Crippen LogP contribution in [0.4, 0.5) is 17.1 Å². The number of fused-ring (bicyclic) bond motifs is 1. The summed E-state index contributed by atoms with van der Waals surface area (Å²) in [6, 6.07) is 3.43. The Kier molecular flexibility index (Phi) is 5.86. The molecule has 1 fully saturated rings. The molecule has 1 saturated heterocycles. The summed E-state index contributed by atoms with van der Waals surface area (Å²) in [5.41, 5.74) is 2.42. The Labute approximate surface area is 162 Å². The Morgan fingerprint density at radius 3 is 2.73 bits per heavy atom. The zero-order valence-electron chi connectivity index (χ0n) is 13.9. The average molecular weight is 418 g/mol. The smallest absolute Gasteiger partial charge is 0.241 e. The predicted molar refractivity (Wildman–Crippen MR) is 107 cm³/mol. The molecule has 11 heteroatoms. The Balaban J connectivity index is 1.51. The molecular weight excluding hydrogens is 398 g/mol. The lowest BCUT2D eigenvalue weighted by molar-refractivity contribution is -0.130. The number of sulfonamides is 1.